The molecule has 0 bridgehead atoms. The maximum Gasteiger partial charge on any atom is 0.338 e. The van der Waals surface area contributed by atoms with Gasteiger partial charge in [-0.3, -0.25) is 14.3 Å². The fourth-order valence-corrected chi connectivity index (χ4v) is 4.65. The molecule has 13 heteroatoms. The van der Waals surface area contributed by atoms with E-state index < -0.39 is 45.0 Å². The number of hydrogen-bond acceptors (Lipinski definition) is 7. The second kappa shape index (κ2) is 10.8. The molecule has 0 spiro atoms. The summed E-state index contributed by atoms with van der Waals surface area (Å²) in [6.45, 7) is 0.544. The Hall–Kier alpha value is -4.26. The molecule has 0 radical (unpaired) electrons. The maximum atomic E-state index is 13.4. The Kier molecular flexibility index (Phi) is 7.53. The number of nitrogens with one attached hydrogen (secondary N) is 1. The van der Waals surface area contributed by atoms with Crippen LogP contribution in [0, 0.1) is 11.6 Å². The van der Waals surface area contributed by atoms with E-state index >= 15 is 0 Å². The van der Waals surface area contributed by atoms with E-state index in [4.69, 9.17) is 9.15 Å². The van der Waals surface area contributed by atoms with Gasteiger partial charge in [-0.2, -0.15) is 0 Å². The van der Waals surface area contributed by atoms with Gasteiger partial charge in [-0.15, -0.1) is 0 Å². The molecular weight excluding hydrogens is 512 g/mol. The molecule has 1 fully saturated rings. The van der Waals surface area contributed by atoms with E-state index in [0.717, 1.165) is 6.07 Å². The summed E-state index contributed by atoms with van der Waals surface area (Å²) in [6.07, 6.45) is 1.40. The van der Waals surface area contributed by atoms with Crippen molar-refractivity contribution in [3.63, 3.8) is 0 Å². The van der Waals surface area contributed by atoms with Gasteiger partial charge in [-0.05, 0) is 48.5 Å². The molecule has 194 valence electrons. The highest BCUT2D eigenvalue weighted by Crippen LogP contribution is 2.20. The lowest BCUT2D eigenvalue weighted by Crippen LogP contribution is -2.51. The Morgan fingerprint density at radius 1 is 0.919 bits per heavy atom. The molecule has 1 N–H and O–H groups in total. The molecule has 2 heterocycles. The van der Waals surface area contributed by atoms with E-state index in [-0.39, 0.29) is 36.0 Å². The minimum Gasteiger partial charge on any atom is -0.459 e. The van der Waals surface area contributed by atoms with Gasteiger partial charge in [-0.25, -0.2) is 22.0 Å². The van der Waals surface area contributed by atoms with Gasteiger partial charge in [0.2, 0.25) is 0 Å². The molecule has 1 aromatic heterocycles. The Morgan fingerprint density at radius 3 is 2.32 bits per heavy atom. The molecule has 0 saturated carbocycles. The molecule has 3 aromatic rings. The van der Waals surface area contributed by atoms with E-state index in [0.29, 0.717) is 25.2 Å². The van der Waals surface area contributed by atoms with E-state index in [1.54, 1.807) is 17.0 Å². The van der Waals surface area contributed by atoms with Gasteiger partial charge >= 0.3 is 5.97 Å². The Bertz CT molecular complexity index is 1420. The first-order valence-electron chi connectivity index (χ1n) is 11.0. The van der Waals surface area contributed by atoms with Crippen LogP contribution in [0.25, 0.3) is 0 Å². The van der Waals surface area contributed by atoms with E-state index in [1.165, 1.54) is 35.4 Å². The lowest BCUT2D eigenvalue weighted by Gasteiger charge is -2.34. The molecule has 2 aromatic carbocycles. The highest BCUT2D eigenvalue weighted by atomic mass is 32.2. The summed E-state index contributed by atoms with van der Waals surface area (Å²) >= 11 is 0. The van der Waals surface area contributed by atoms with Gasteiger partial charge in [0.25, 0.3) is 21.8 Å². The number of benzene rings is 2. The monoisotopic (exact) mass is 533 g/mol. The van der Waals surface area contributed by atoms with Crippen LogP contribution in [0.15, 0.2) is 70.2 Å². The van der Waals surface area contributed by atoms with Gasteiger partial charge in [-0.1, -0.05) is 6.07 Å². The fourth-order valence-electron chi connectivity index (χ4n) is 3.58. The lowest BCUT2D eigenvalue weighted by atomic mass is 10.2. The molecule has 0 aliphatic carbocycles. The zero-order valence-corrected chi connectivity index (χ0v) is 20.0. The van der Waals surface area contributed by atoms with Crippen molar-refractivity contribution in [2.75, 3.05) is 37.5 Å². The molecule has 0 unspecified atom stereocenters. The van der Waals surface area contributed by atoms with Crippen LogP contribution in [-0.2, 0) is 19.6 Å². The Morgan fingerprint density at radius 2 is 1.65 bits per heavy atom. The number of amides is 2. The van der Waals surface area contributed by atoms with E-state index in [1.807, 2.05) is 0 Å². The SMILES string of the molecule is O=C(OCC(=O)N1CCN(C(=O)c2ccco2)CC1)c1cccc(NS(=O)(=O)c2ccc(F)c(F)c2)c1. The molecule has 2 amide bonds. The maximum absolute atomic E-state index is 13.4. The van der Waals surface area contributed by atoms with Crippen LogP contribution in [0.3, 0.4) is 0 Å². The van der Waals surface area contributed by atoms with E-state index in [2.05, 4.69) is 4.72 Å². The fraction of sp³-hybridized carbons (Fsp3) is 0.208. The van der Waals surface area contributed by atoms with Crippen molar-refractivity contribution in [2.45, 2.75) is 4.90 Å². The summed E-state index contributed by atoms with van der Waals surface area (Å²) in [5, 5.41) is 0. The number of esters is 1. The van der Waals surface area contributed by atoms with Crippen molar-refractivity contribution in [1.29, 1.82) is 0 Å². The molecule has 4 rings (SSSR count). The van der Waals surface area contributed by atoms with Crippen molar-refractivity contribution >= 4 is 33.5 Å². The van der Waals surface area contributed by atoms with Crippen molar-refractivity contribution in [3.8, 4) is 0 Å². The number of nitrogens with zero attached hydrogens (tertiary/aromatic N) is 2. The first-order valence-corrected chi connectivity index (χ1v) is 12.5. The zero-order valence-electron chi connectivity index (χ0n) is 19.2. The molecule has 1 aliphatic rings. The second-order valence-electron chi connectivity index (χ2n) is 7.99. The van der Waals surface area contributed by atoms with Gasteiger partial charge in [0, 0.05) is 31.9 Å². The van der Waals surface area contributed by atoms with Crippen LogP contribution >= 0.6 is 0 Å². The molecule has 0 atom stereocenters. The summed E-state index contributed by atoms with van der Waals surface area (Å²) in [4.78, 5) is 39.8. The summed E-state index contributed by atoms with van der Waals surface area (Å²) in [5.41, 5.74) is -0.0602. The minimum atomic E-state index is -4.26. The highest BCUT2D eigenvalue weighted by molar-refractivity contribution is 7.92. The quantitative estimate of drug-likeness (QED) is 0.463. The van der Waals surface area contributed by atoms with E-state index in [9.17, 15) is 31.6 Å². The molecule has 10 nitrogen and oxygen atoms in total. The molecular formula is C24H21F2N3O7S. The number of carbonyl (C=O) groups excluding carboxylic acids is 3. The number of piperazine rings is 1. The average Bonchev–Trinajstić information content (AvgIpc) is 3.43. The van der Waals surface area contributed by atoms with Crippen LogP contribution in [0.2, 0.25) is 0 Å². The average molecular weight is 534 g/mol. The number of sulfonamides is 1. The number of ether oxygens (including phenoxy) is 1. The first-order chi connectivity index (χ1) is 17.6. The number of halogens is 2. The number of anilines is 1. The summed E-state index contributed by atoms with van der Waals surface area (Å²) in [5.74, 6) is -3.90. The van der Waals surface area contributed by atoms with Gasteiger partial charge in [0.15, 0.2) is 24.0 Å². The normalized spacial score (nSPS) is 13.8. The minimum absolute atomic E-state index is 0.0251. The smallest absolute Gasteiger partial charge is 0.338 e. The molecule has 1 saturated heterocycles. The van der Waals surface area contributed by atoms with Crippen LogP contribution in [0.1, 0.15) is 20.9 Å². The summed E-state index contributed by atoms with van der Waals surface area (Å²) in [7, 11) is -4.26. The number of rotatable bonds is 7. The van der Waals surface area contributed by atoms with Gasteiger partial charge < -0.3 is 19.0 Å². The van der Waals surface area contributed by atoms with Crippen LogP contribution < -0.4 is 4.72 Å². The first kappa shape index (κ1) is 25.8. The molecule has 37 heavy (non-hydrogen) atoms. The zero-order chi connectivity index (χ0) is 26.6. The predicted molar refractivity (Wildman–Crippen MR) is 125 cm³/mol. The number of hydrogen-bond donors (Lipinski definition) is 1. The summed E-state index contributed by atoms with van der Waals surface area (Å²) in [6, 6.07) is 10.6. The van der Waals surface area contributed by atoms with Gasteiger partial charge in [0.05, 0.1) is 16.7 Å². The van der Waals surface area contributed by atoms with Crippen LogP contribution in [0.4, 0.5) is 14.5 Å². The van der Waals surface area contributed by atoms with Crippen LogP contribution in [-0.4, -0.2) is 68.8 Å². The van der Waals surface area contributed by atoms with Crippen molar-refractivity contribution in [3.05, 3.63) is 83.8 Å². The summed E-state index contributed by atoms with van der Waals surface area (Å²) < 4.78 is 63.9. The van der Waals surface area contributed by atoms with Gasteiger partial charge in [0.1, 0.15) is 0 Å². The Labute approximate surface area is 210 Å². The highest BCUT2D eigenvalue weighted by Gasteiger charge is 2.26. The van der Waals surface area contributed by atoms with Crippen molar-refractivity contribution in [2.24, 2.45) is 0 Å². The second-order valence-corrected chi connectivity index (χ2v) is 9.67. The van der Waals surface area contributed by atoms with Crippen molar-refractivity contribution < 1.29 is 40.7 Å². The lowest BCUT2D eigenvalue weighted by molar-refractivity contribution is -0.136. The third-order valence-corrected chi connectivity index (χ3v) is 6.91. The topological polar surface area (TPSA) is 126 Å². The largest absolute Gasteiger partial charge is 0.459 e. The standard InChI is InChI=1S/C24H21F2N3O7S/c25-19-7-6-18(14-20(19)26)37(33,34)27-17-4-1-3-16(13-17)24(32)36-15-22(30)28-8-10-29(11-9-28)23(31)21-5-2-12-35-21/h1-7,12-14,27H,8-11,15H2. The van der Waals surface area contributed by atoms with Crippen molar-refractivity contribution in [1.82, 2.24) is 9.80 Å². The Balaban J connectivity index is 1.30. The molecule has 1 aliphatic heterocycles. The third kappa shape index (κ3) is 6.12. The number of carbonyl (C=O) groups is 3. The van der Waals surface area contributed by atoms with Crippen LogP contribution in [0.5, 0.6) is 0 Å². The number of furan rings is 1. The third-order valence-electron chi connectivity index (χ3n) is 5.53. The predicted octanol–water partition coefficient (Wildman–Crippen LogP) is 2.50.